The first kappa shape index (κ1) is 12.9. The zero-order valence-corrected chi connectivity index (χ0v) is 11.0. The highest BCUT2D eigenvalue weighted by Gasteiger charge is 2.05. The Morgan fingerprint density at radius 1 is 1.11 bits per heavy atom. The molecule has 3 heteroatoms. The Morgan fingerprint density at radius 3 is 2.44 bits per heavy atom. The van der Waals surface area contributed by atoms with Crippen LogP contribution in [0.5, 0.6) is 5.75 Å². The summed E-state index contributed by atoms with van der Waals surface area (Å²) in [5.41, 5.74) is 7.86. The van der Waals surface area contributed by atoms with Gasteiger partial charge in [-0.15, -0.1) is 0 Å². The van der Waals surface area contributed by atoms with Gasteiger partial charge in [0.15, 0.2) is 0 Å². The van der Waals surface area contributed by atoms with Crippen molar-refractivity contribution in [1.29, 1.82) is 0 Å². The third-order valence-corrected chi connectivity index (χ3v) is 2.84. The molecular weight excluding hydrogens is 246 g/mol. The predicted molar refractivity (Wildman–Crippen MR) is 76.0 cm³/mol. The zero-order chi connectivity index (χ0) is 13.0. The van der Waals surface area contributed by atoms with Crippen LogP contribution in [0.15, 0.2) is 48.5 Å². The highest BCUT2D eigenvalue weighted by atomic mass is 35.5. The minimum absolute atomic E-state index is 0.00475. The maximum atomic E-state index is 6.20. The quantitative estimate of drug-likeness (QED) is 0.910. The smallest absolute Gasteiger partial charge is 0.138 e. The molecule has 0 aliphatic carbocycles. The van der Waals surface area contributed by atoms with E-state index in [0.717, 1.165) is 11.1 Å². The van der Waals surface area contributed by atoms with Crippen LogP contribution >= 0.6 is 11.6 Å². The molecule has 1 atom stereocenters. The number of ether oxygens (including phenoxy) is 1. The van der Waals surface area contributed by atoms with Crippen LogP contribution < -0.4 is 10.5 Å². The Morgan fingerprint density at radius 2 is 1.83 bits per heavy atom. The van der Waals surface area contributed by atoms with Gasteiger partial charge in [-0.2, -0.15) is 0 Å². The Labute approximate surface area is 112 Å². The largest absolute Gasteiger partial charge is 0.490 e. The van der Waals surface area contributed by atoms with Gasteiger partial charge >= 0.3 is 0 Å². The molecule has 94 valence electrons. The molecule has 0 bridgehead atoms. The van der Waals surface area contributed by atoms with E-state index < -0.39 is 0 Å². The lowest BCUT2D eigenvalue weighted by atomic mass is 10.1. The second-order valence-electron chi connectivity index (χ2n) is 4.30. The predicted octanol–water partition coefficient (Wildman–Crippen LogP) is 3.73. The highest BCUT2D eigenvalue weighted by Crippen LogP contribution is 2.30. The van der Waals surface area contributed by atoms with Crippen molar-refractivity contribution in [3.8, 4) is 16.9 Å². The van der Waals surface area contributed by atoms with Crippen LogP contribution in [0.1, 0.15) is 6.92 Å². The number of hydrogen-bond acceptors (Lipinski definition) is 2. The Balaban J connectivity index is 2.20. The maximum Gasteiger partial charge on any atom is 0.138 e. The molecule has 2 aromatic carbocycles. The minimum atomic E-state index is -0.00475. The van der Waals surface area contributed by atoms with E-state index in [0.29, 0.717) is 17.4 Å². The van der Waals surface area contributed by atoms with E-state index in [1.54, 1.807) is 0 Å². The standard InChI is InChI=1S/C15H16ClNO/c1-11(17)10-18-15-8-7-13(9-14(15)16)12-5-3-2-4-6-12/h2-9,11H,10,17H2,1H3. The first-order valence-corrected chi connectivity index (χ1v) is 6.28. The summed E-state index contributed by atoms with van der Waals surface area (Å²) in [6, 6.07) is 15.9. The molecule has 0 saturated carbocycles. The van der Waals surface area contributed by atoms with Crippen molar-refractivity contribution < 1.29 is 4.74 Å². The molecule has 0 fully saturated rings. The SMILES string of the molecule is CC(N)COc1ccc(-c2ccccc2)cc1Cl. The molecule has 0 spiro atoms. The Hall–Kier alpha value is -1.51. The summed E-state index contributed by atoms with van der Waals surface area (Å²) < 4.78 is 5.53. The number of rotatable bonds is 4. The van der Waals surface area contributed by atoms with Crippen molar-refractivity contribution in [3.63, 3.8) is 0 Å². The fourth-order valence-corrected chi connectivity index (χ4v) is 1.88. The Kier molecular flexibility index (Phi) is 4.24. The fourth-order valence-electron chi connectivity index (χ4n) is 1.65. The lowest BCUT2D eigenvalue weighted by Crippen LogP contribution is -2.23. The third kappa shape index (κ3) is 3.25. The Bertz CT molecular complexity index is 511. The molecule has 0 aromatic heterocycles. The third-order valence-electron chi connectivity index (χ3n) is 2.54. The zero-order valence-electron chi connectivity index (χ0n) is 10.3. The molecule has 2 nitrogen and oxygen atoms in total. The number of nitrogens with two attached hydrogens (primary N) is 1. The molecule has 0 radical (unpaired) electrons. The number of hydrogen-bond donors (Lipinski definition) is 1. The van der Waals surface area contributed by atoms with Crippen molar-refractivity contribution in [2.45, 2.75) is 13.0 Å². The minimum Gasteiger partial charge on any atom is -0.490 e. The van der Waals surface area contributed by atoms with E-state index >= 15 is 0 Å². The summed E-state index contributed by atoms with van der Waals surface area (Å²) in [4.78, 5) is 0. The summed E-state index contributed by atoms with van der Waals surface area (Å²) in [6.07, 6.45) is 0. The molecule has 2 rings (SSSR count). The molecule has 0 saturated heterocycles. The maximum absolute atomic E-state index is 6.20. The first-order valence-electron chi connectivity index (χ1n) is 5.90. The molecular formula is C15H16ClNO. The topological polar surface area (TPSA) is 35.2 Å². The van der Waals surface area contributed by atoms with Crippen molar-refractivity contribution in [2.24, 2.45) is 5.73 Å². The number of halogens is 1. The van der Waals surface area contributed by atoms with Gasteiger partial charge in [-0.3, -0.25) is 0 Å². The molecule has 2 aromatic rings. The summed E-state index contributed by atoms with van der Waals surface area (Å²) in [6.45, 7) is 2.36. The van der Waals surface area contributed by atoms with E-state index in [1.807, 2.05) is 55.5 Å². The van der Waals surface area contributed by atoms with Gasteiger partial charge in [-0.25, -0.2) is 0 Å². The summed E-state index contributed by atoms with van der Waals surface area (Å²) in [5.74, 6) is 0.675. The van der Waals surface area contributed by atoms with Crippen LogP contribution in [0.3, 0.4) is 0 Å². The molecule has 0 aliphatic rings. The van der Waals surface area contributed by atoms with Crippen molar-refractivity contribution in [1.82, 2.24) is 0 Å². The molecule has 0 aliphatic heterocycles. The van der Waals surface area contributed by atoms with E-state index in [4.69, 9.17) is 22.1 Å². The van der Waals surface area contributed by atoms with Gasteiger partial charge in [-0.1, -0.05) is 48.0 Å². The summed E-state index contributed by atoms with van der Waals surface area (Å²) >= 11 is 6.20. The second kappa shape index (κ2) is 5.89. The van der Waals surface area contributed by atoms with Crippen LogP contribution in [0, 0.1) is 0 Å². The normalized spacial score (nSPS) is 12.2. The van der Waals surface area contributed by atoms with Gasteiger partial charge < -0.3 is 10.5 Å². The van der Waals surface area contributed by atoms with Gasteiger partial charge in [0.05, 0.1) is 5.02 Å². The summed E-state index contributed by atoms with van der Waals surface area (Å²) in [7, 11) is 0. The average Bonchev–Trinajstić information content (AvgIpc) is 2.38. The van der Waals surface area contributed by atoms with Crippen LogP contribution in [-0.4, -0.2) is 12.6 Å². The second-order valence-corrected chi connectivity index (χ2v) is 4.71. The van der Waals surface area contributed by atoms with Crippen molar-refractivity contribution in [2.75, 3.05) is 6.61 Å². The van der Waals surface area contributed by atoms with E-state index in [9.17, 15) is 0 Å². The van der Waals surface area contributed by atoms with Gasteiger partial charge in [0, 0.05) is 6.04 Å². The monoisotopic (exact) mass is 261 g/mol. The molecule has 0 heterocycles. The van der Waals surface area contributed by atoms with E-state index in [2.05, 4.69) is 0 Å². The first-order chi connectivity index (χ1) is 8.66. The molecule has 1 unspecified atom stereocenters. The fraction of sp³-hybridized carbons (Fsp3) is 0.200. The molecule has 2 N–H and O–H groups in total. The lowest BCUT2D eigenvalue weighted by Gasteiger charge is -2.11. The molecule has 0 amide bonds. The van der Waals surface area contributed by atoms with Crippen LogP contribution in [0.2, 0.25) is 5.02 Å². The van der Waals surface area contributed by atoms with E-state index in [1.165, 1.54) is 0 Å². The lowest BCUT2D eigenvalue weighted by molar-refractivity contribution is 0.296. The van der Waals surface area contributed by atoms with Crippen LogP contribution in [0.25, 0.3) is 11.1 Å². The van der Waals surface area contributed by atoms with Crippen LogP contribution in [0.4, 0.5) is 0 Å². The van der Waals surface area contributed by atoms with E-state index in [-0.39, 0.29) is 6.04 Å². The van der Waals surface area contributed by atoms with Gasteiger partial charge in [-0.05, 0) is 30.2 Å². The average molecular weight is 262 g/mol. The van der Waals surface area contributed by atoms with Crippen molar-refractivity contribution in [3.05, 3.63) is 53.6 Å². The van der Waals surface area contributed by atoms with Gasteiger partial charge in [0.2, 0.25) is 0 Å². The molecule has 18 heavy (non-hydrogen) atoms. The van der Waals surface area contributed by atoms with Gasteiger partial charge in [0.25, 0.3) is 0 Å². The van der Waals surface area contributed by atoms with Crippen molar-refractivity contribution >= 4 is 11.6 Å². The highest BCUT2D eigenvalue weighted by molar-refractivity contribution is 6.32. The number of benzene rings is 2. The van der Waals surface area contributed by atoms with Crippen LogP contribution in [-0.2, 0) is 0 Å². The van der Waals surface area contributed by atoms with Gasteiger partial charge in [0.1, 0.15) is 12.4 Å². The summed E-state index contributed by atoms with van der Waals surface area (Å²) in [5, 5.41) is 0.608.